The summed E-state index contributed by atoms with van der Waals surface area (Å²) in [6.07, 6.45) is 0. The normalized spacial score (nSPS) is 19.5. The van der Waals surface area contributed by atoms with Crippen molar-refractivity contribution in [2.45, 2.75) is 13.0 Å². The number of likely N-dealkylation sites (N-methyl/N-ethyl adjacent to an activating group) is 1. The molecule has 0 aromatic heterocycles. The van der Waals surface area contributed by atoms with E-state index in [4.69, 9.17) is 4.74 Å². The molecule has 0 spiro atoms. The van der Waals surface area contributed by atoms with Crippen LogP contribution in [0.4, 0.5) is 10.1 Å². The smallest absolute Gasteiger partial charge is 0.241 e. The first kappa shape index (κ1) is 15.9. The molecule has 1 amide bonds. The Hall–Kier alpha value is -1.50. The van der Waals surface area contributed by atoms with Gasteiger partial charge in [-0.15, -0.1) is 0 Å². The molecule has 1 saturated heterocycles. The Balaban J connectivity index is 2.04. The highest BCUT2D eigenvalue weighted by molar-refractivity contribution is 5.94. The number of amides is 1. The molecule has 116 valence electrons. The highest BCUT2D eigenvalue weighted by Gasteiger charge is 2.26. The van der Waals surface area contributed by atoms with E-state index in [0.717, 1.165) is 0 Å². The lowest BCUT2D eigenvalue weighted by atomic mass is 10.2. The van der Waals surface area contributed by atoms with Crippen molar-refractivity contribution in [3.63, 3.8) is 0 Å². The second kappa shape index (κ2) is 7.49. The monoisotopic (exact) mass is 296 g/mol. The maximum Gasteiger partial charge on any atom is 0.241 e. The Labute approximate surface area is 123 Å². The lowest BCUT2D eigenvalue weighted by molar-refractivity contribution is -0.122. The first-order valence-electron chi connectivity index (χ1n) is 7.14. The Bertz CT molecular complexity index is 466. The van der Waals surface area contributed by atoms with Crippen LogP contribution < -0.4 is 4.90 Å². The van der Waals surface area contributed by atoms with Gasteiger partial charge in [0.15, 0.2) is 0 Å². The fraction of sp³-hybridized carbons (Fsp3) is 0.533. The Kier molecular flexibility index (Phi) is 5.67. The molecule has 1 heterocycles. The van der Waals surface area contributed by atoms with Gasteiger partial charge in [0.05, 0.1) is 32.4 Å². The first-order chi connectivity index (χ1) is 10.2. The zero-order valence-electron chi connectivity index (χ0n) is 12.2. The van der Waals surface area contributed by atoms with Gasteiger partial charge in [0, 0.05) is 18.8 Å². The molecule has 21 heavy (non-hydrogen) atoms. The number of morpholine rings is 1. The summed E-state index contributed by atoms with van der Waals surface area (Å²) in [4.78, 5) is 16.0. The number of rotatable bonds is 5. The van der Waals surface area contributed by atoms with Gasteiger partial charge in [-0.3, -0.25) is 9.69 Å². The molecule has 1 aliphatic rings. The molecule has 2 rings (SSSR count). The van der Waals surface area contributed by atoms with E-state index in [1.165, 1.54) is 12.1 Å². The van der Waals surface area contributed by atoms with Crippen LogP contribution >= 0.6 is 0 Å². The third-order valence-corrected chi connectivity index (χ3v) is 3.65. The third kappa shape index (κ3) is 4.00. The van der Waals surface area contributed by atoms with Gasteiger partial charge in [-0.25, -0.2) is 4.39 Å². The number of carbonyl (C=O) groups is 1. The predicted octanol–water partition coefficient (Wildman–Crippen LogP) is 0.872. The van der Waals surface area contributed by atoms with E-state index in [1.807, 2.05) is 11.8 Å². The molecule has 1 fully saturated rings. The van der Waals surface area contributed by atoms with Crippen molar-refractivity contribution in [3.8, 4) is 0 Å². The summed E-state index contributed by atoms with van der Waals surface area (Å²) >= 11 is 0. The highest BCUT2D eigenvalue weighted by Crippen LogP contribution is 2.16. The van der Waals surface area contributed by atoms with Gasteiger partial charge in [0.1, 0.15) is 5.82 Å². The van der Waals surface area contributed by atoms with Gasteiger partial charge < -0.3 is 14.7 Å². The van der Waals surface area contributed by atoms with Crippen LogP contribution in [0.15, 0.2) is 24.3 Å². The number of anilines is 1. The van der Waals surface area contributed by atoms with Crippen LogP contribution in [0.3, 0.4) is 0 Å². The van der Waals surface area contributed by atoms with E-state index in [9.17, 15) is 14.3 Å². The predicted molar refractivity (Wildman–Crippen MR) is 77.7 cm³/mol. The standard InChI is InChI=1S/C15H21FN2O3/c1-2-18(13-5-3-12(16)4-6-13)15(20)9-17-7-8-21-11-14(17)10-19/h3-6,14,19H,2,7-11H2,1H3. The molecule has 1 aromatic carbocycles. The lowest BCUT2D eigenvalue weighted by Gasteiger charge is -2.35. The topological polar surface area (TPSA) is 53.0 Å². The number of nitrogens with zero attached hydrogens (tertiary/aromatic N) is 2. The quantitative estimate of drug-likeness (QED) is 0.876. The largest absolute Gasteiger partial charge is 0.395 e. The average molecular weight is 296 g/mol. The van der Waals surface area contributed by atoms with E-state index in [2.05, 4.69) is 0 Å². The minimum absolute atomic E-state index is 0.0318. The van der Waals surface area contributed by atoms with Gasteiger partial charge in [0.2, 0.25) is 5.91 Å². The second-order valence-electron chi connectivity index (χ2n) is 5.00. The van der Waals surface area contributed by atoms with E-state index < -0.39 is 0 Å². The van der Waals surface area contributed by atoms with Gasteiger partial charge in [-0.2, -0.15) is 0 Å². The molecule has 6 heteroatoms. The van der Waals surface area contributed by atoms with Crippen LogP contribution in [0.25, 0.3) is 0 Å². The minimum Gasteiger partial charge on any atom is -0.395 e. The Morgan fingerprint density at radius 2 is 2.19 bits per heavy atom. The summed E-state index contributed by atoms with van der Waals surface area (Å²) in [5.74, 6) is -0.389. The number of benzene rings is 1. The van der Waals surface area contributed by atoms with Crippen LogP contribution in [-0.2, 0) is 9.53 Å². The van der Waals surface area contributed by atoms with Gasteiger partial charge in [0.25, 0.3) is 0 Å². The molecular formula is C15H21FN2O3. The highest BCUT2D eigenvalue weighted by atomic mass is 19.1. The maximum atomic E-state index is 13.0. The molecule has 1 unspecified atom stereocenters. The van der Waals surface area contributed by atoms with E-state index in [-0.39, 0.29) is 30.9 Å². The molecular weight excluding hydrogens is 275 g/mol. The Morgan fingerprint density at radius 3 is 2.81 bits per heavy atom. The number of aliphatic hydroxyl groups is 1. The van der Waals surface area contributed by atoms with Crippen molar-refractivity contribution >= 4 is 11.6 Å². The van der Waals surface area contributed by atoms with Crippen molar-refractivity contribution < 1.29 is 19.0 Å². The molecule has 0 bridgehead atoms. The lowest BCUT2D eigenvalue weighted by Crippen LogP contribution is -2.51. The molecule has 0 aliphatic carbocycles. The molecule has 0 saturated carbocycles. The average Bonchev–Trinajstić information content (AvgIpc) is 2.50. The number of aliphatic hydroxyl groups excluding tert-OH is 1. The summed E-state index contributed by atoms with van der Waals surface area (Å²) in [5, 5.41) is 9.33. The fourth-order valence-corrected chi connectivity index (χ4v) is 2.45. The van der Waals surface area contributed by atoms with Gasteiger partial charge in [-0.1, -0.05) is 0 Å². The summed E-state index contributed by atoms with van der Waals surface area (Å²) in [6.45, 7) is 4.20. The van der Waals surface area contributed by atoms with Gasteiger partial charge >= 0.3 is 0 Å². The van der Waals surface area contributed by atoms with Crippen molar-refractivity contribution in [2.75, 3.05) is 44.4 Å². The number of hydrogen-bond donors (Lipinski definition) is 1. The van der Waals surface area contributed by atoms with Crippen molar-refractivity contribution in [1.82, 2.24) is 4.90 Å². The molecule has 1 aromatic rings. The van der Waals surface area contributed by atoms with E-state index >= 15 is 0 Å². The van der Waals surface area contributed by atoms with Crippen LogP contribution in [0, 0.1) is 5.82 Å². The van der Waals surface area contributed by atoms with Crippen LogP contribution in [0.5, 0.6) is 0 Å². The number of hydrogen-bond acceptors (Lipinski definition) is 4. The Morgan fingerprint density at radius 1 is 1.48 bits per heavy atom. The number of ether oxygens (including phenoxy) is 1. The minimum atomic E-state index is -0.323. The number of carbonyl (C=O) groups excluding carboxylic acids is 1. The van der Waals surface area contributed by atoms with Crippen LogP contribution in [0.2, 0.25) is 0 Å². The molecule has 1 aliphatic heterocycles. The summed E-state index contributed by atoms with van der Waals surface area (Å²) < 4.78 is 18.3. The summed E-state index contributed by atoms with van der Waals surface area (Å²) in [5.41, 5.74) is 0.678. The third-order valence-electron chi connectivity index (χ3n) is 3.65. The second-order valence-corrected chi connectivity index (χ2v) is 5.00. The van der Waals surface area contributed by atoms with Crippen LogP contribution in [-0.4, -0.2) is 61.4 Å². The zero-order valence-corrected chi connectivity index (χ0v) is 12.2. The zero-order chi connectivity index (χ0) is 15.2. The van der Waals surface area contributed by atoms with E-state index in [1.54, 1.807) is 17.0 Å². The van der Waals surface area contributed by atoms with Crippen LogP contribution in [0.1, 0.15) is 6.92 Å². The SMILES string of the molecule is CCN(C(=O)CN1CCOCC1CO)c1ccc(F)cc1. The molecule has 1 N–H and O–H groups in total. The molecule has 5 nitrogen and oxygen atoms in total. The fourth-order valence-electron chi connectivity index (χ4n) is 2.45. The maximum absolute atomic E-state index is 13.0. The van der Waals surface area contributed by atoms with Crippen molar-refractivity contribution in [3.05, 3.63) is 30.1 Å². The number of halogens is 1. The van der Waals surface area contributed by atoms with E-state index in [0.29, 0.717) is 32.0 Å². The first-order valence-corrected chi connectivity index (χ1v) is 7.14. The van der Waals surface area contributed by atoms with Gasteiger partial charge in [-0.05, 0) is 31.2 Å². The van der Waals surface area contributed by atoms with Crippen molar-refractivity contribution in [2.24, 2.45) is 0 Å². The molecule has 1 atom stereocenters. The van der Waals surface area contributed by atoms with Crippen molar-refractivity contribution in [1.29, 1.82) is 0 Å². The summed E-state index contributed by atoms with van der Waals surface area (Å²) in [6, 6.07) is 5.74. The molecule has 0 radical (unpaired) electrons. The summed E-state index contributed by atoms with van der Waals surface area (Å²) in [7, 11) is 0.